The Balaban J connectivity index is 3.00. The molecule has 1 heterocycles. The molecule has 0 saturated heterocycles. The first kappa shape index (κ1) is 9.74. The van der Waals surface area contributed by atoms with Crippen molar-refractivity contribution in [1.82, 2.24) is 9.55 Å². The van der Waals surface area contributed by atoms with Crippen LogP contribution in [0.4, 0.5) is 0 Å². The molecule has 1 N–H and O–H groups in total. The van der Waals surface area contributed by atoms with Crippen molar-refractivity contribution in [1.29, 1.82) is 0 Å². The second-order valence-corrected chi connectivity index (χ2v) is 3.48. The van der Waals surface area contributed by atoms with Gasteiger partial charge in [0.1, 0.15) is 10.4 Å². The van der Waals surface area contributed by atoms with E-state index in [2.05, 4.69) is 27.8 Å². The van der Waals surface area contributed by atoms with E-state index in [9.17, 15) is 0 Å². The van der Waals surface area contributed by atoms with Crippen molar-refractivity contribution in [3.8, 4) is 0 Å². The normalized spacial score (nSPS) is 10.7. The Morgan fingerprint density at radius 1 is 1.58 bits per heavy atom. The molecule has 0 atom stereocenters. The summed E-state index contributed by atoms with van der Waals surface area (Å²) in [4.78, 5) is 4.29. The first-order valence-electron chi connectivity index (χ1n) is 4.01. The van der Waals surface area contributed by atoms with E-state index in [1.165, 1.54) is 0 Å². The van der Waals surface area contributed by atoms with E-state index in [1.54, 1.807) is 0 Å². The van der Waals surface area contributed by atoms with Crippen LogP contribution in [0, 0.1) is 0 Å². The summed E-state index contributed by atoms with van der Waals surface area (Å²) in [6.45, 7) is 2.15. The van der Waals surface area contributed by atoms with Gasteiger partial charge in [-0.3, -0.25) is 0 Å². The summed E-state index contributed by atoms with van der Waals surface area (Å²) < 4.78 is 2.70. The number of aromatic nitrogens is 2. The third kappa shape index (κ3) is 1.69. The average Bonchev–Trinajstić information content (AvgIpc) is 2.29. The summed E-state index contributed by atoms with van der Waals surface area (Å²) >= 11 is 3.31. The van der Waals surface area contributed by atoms with Crippen LogP contribution in [0.25, 0.3) is 0 Å². The van der Waals surface area contributed by atoms with Gasteiger partial charge in [-0.15, -0.1) is 0 Å². The minimum absolute atomic E-state index is 0.0355. The third-order valence-corrected chi connectivity index (χ3v) is 2.52. The Kier molecular flexibility index (Phi) is 3.29. The minimum atomic E-state index is 0.0355. The lowest BCUT2D eigenvalue weighted by atomic mass is 10.3. The van der Waals surface area contributed by atoms with Crippen LogP contribution in [0.1, 0.15) is 24.9 Å². The van der Waals surface area contributed by atoms with Crippen molar-refractivity contribution >= 4 is 15.9 Å². The quantitative estimate of drug-likeness (QED) is 0.861. The van der Waals surface area contributed by atoms with Crippen LogP contribution in [0.5, 0.6) is 0 Å². The maximum atomic E-state index is 8.99. The monoisotopic (exact) mass is 232 g/mol. The lowest BCUT2D eigenvalue weighted by Gasteiger charge is -2.01. The van der Waals surface area contributed by atoms with E-state index in [0.717, 1.165) is 29.0 Å². The van der Waals surface area contributed by atoms with E-state index < -0.39 is 0 Å². The molecule has 0 aromatic carbocycles. The molecular weight excluding hydrogens is 220 g/mol. The van der Waals surface area contributed by atoms with E-state index in [4.69, 9.17) is 5.11 Å². The summed E-state index contributed by atoms with van der Waals surface area (Å²) in [5.41, 5.74) is 0.846. The van der Waals surface area contributed by atoms with Gasteiger partial charge < -0.3 is 9.67 Å². The second-order valence-electron chi connectivity index (χ2n) is 2.73. The van der Waals surface area contributed by atoms with Gasteiger partial charge in [0, 0.05) is 13.5 Å². The number of imidazole rings is 1. The first-order chi connectivity index (χ1) is 5.70. The predicted octanol–water partition coefficient (Wildman–Crippen LogP) is 1.63. The molecule has 1 aromatic rings. The van der Waals surface area contributed by atoms with Crippen LogP contribution in [0.15, 0.2) is 4.60 Å². The molecule has 1 aromatic heterocycles. The lowest BCUT2D eigenvalue weighted by molar-refractivity contribution is 0.271. The summed E-state index contributed by atoms with van der Waals surface area (Å²) in [5, 5.41) is 8.99. The number of hydrogen-bond donors (Lipinski definition) is 1. The Hall–Kier alpha value is -0.350. The van der Waals surface area contributed by atoms with Gasteiger partial charge in [0.05, 0.1) is 12.3 Å². The highest BCUT2D eigenvalue weighted by Gasteiger charge is 2.09. The molecule has 12 heavy (non-hydrogen) atoms. The van der Waals surface area contributed by atoms with Gasteiger partial charge in [0.25, 0.3) is 0 Å². The highest BCUT2D eigenvalue weighted by Crippen LogP contribution is 2.17. The Labute approximate surface area is 80.6 Å². The number of aliphatic hydroxyl groups excluding tert-OH is 1. The second kappa shape index (κ2) is 4.05. The average molecular weight is 233 g/mol. The van der Waals surface area contributed by atoms with Crippen molar-refractivity contribution in [2.24, 2.45) is 7.05 Å². The molecule has 0 fully saturated rings. The summed E-state index contributed by atoms with van der Waals surface area (Å²) in [5.74, 6) is 1.02. The molecule has 3 nitrogen and oxygen atoms in total. The topological polar surface area (TPSA) is 38.1 Å². The van der Waals surface area contributed by atoms with Gasteiger partial charge in [0.15, 0.2) is 0 Å². The lowest BCUT2D eigenvalue weighted by Crippen LogP contribution is -2.01. The zero-order valence-electron chi connectivity index (χ0n) is 7.34. The maximum Gasteiger partial charge on any atom is 0.130 e. The fraction of sp³-hybridized carbons (Fsp3) is 0.625. The summed E-state index contributed by atoms with van der Waals surface area (Å²) in [6, 6.07) is 0. The zero-order chi connectivity index (χ0) is 9.14. The molecule has 4 heteroatoms. The molecule has 0 spiro atoms. The van der Waals surface area contributed by atoms with Gasteiger partial charge in [0.2, 0.25) is 0 Å². The summed E-state index contributed by atoms with van der Waals surface area (Å²) in [6.07, 6.45) is 2.03. The van der Waals surface area contributed by atoms with Crippen LogP contribution in [0.2, 0.25) is 0 Å². The zero-order valence-corrected chi connectivity index (χ0v) is 8.93. The number of aliphatic hydroxyl groups is 1. The largest absolute Gasteiger partial charge is 0.390 e. The smallest absolute Gasteiger partial charge is 0.130 e. The molecule has 0 aliphatic carbocycles. The first-order valence-corrected chi connectivity index (χ1v) is 4.80. The predicted molar refractivity (Wildman–Crippen MR) is 50.8 cm³/mol. The SMILES string of the molecule is CCCc1nc(Br)c(CO)n1C. The molecule has 0 amide bonds. The van der Waals surface area contributed by atoms with Crippen molar-refractivity contribution in [2.45, 2.75) is 26.4 Å². The van der Waals surface area contributed by atoms with Gasteiger partial charge in [-0.25, -0.2) is 4.98 Å². The maximum absolute atomic E-state index is 8.99. The van der Waals surface area contributed by atoms with Crippen molar-refractivity contribution in [3.63, 3.8) is 0 Å². The van der Waals surface area contributed by atoms with E-state index in [0.29, 0.717) is 0 Å². The van der Waals surface area contributed by atoms with Gasteiger partial charge in [-0.05, 0) is 22.4 Å². The highest BCUT2D eigenvalue weighted by molar-refractivity contribution is 9.10. The van der Waals surface area contributed by atoms with E-state index in [-0.39, 0.29) is 6.61 Å². The Bertz CT molecular complexity index is 270. The molecule has 0 unspecified atom stereocenters. The minimum Gasteiger partial charge on any atom is -0.390 e. The Morgan fingerprint density at radius 3 is 2.67 bits per heavy atom. The van der Waals surface area contributed by atoms with Gasteiger partial charge >= 0.3 is 0 Å². The molecular formula is C8H13BrN2O. The molecule has 0 bridgehead atoms. The van der Waals surface area contributed by atoms with E-state index >= 15 is 0 Å². The molecule has 0 aliphatic rings. The van der Waals surface area contributed by atoms with Crippen LogP contribution < -0.4 is 0 Å². The number of hydrogen-bond acceptors (Lipinski definition) is 2. The third-order valence-electron chi connectivity index (χ3n) is 1.88. The Morgan fingerprint density at radius 2 is 2.25 bits per heavy atom. The van der Waals surface area contributed by atoms with Gasteiger partial charge in [-0.2, -0.15) is 0 Å². The van der Waals surface area contributed by atoms with Crippen LogP contribution >= 0.6 is 15.9 Å². The van der Waals surface area contributed by atoms with Crippen molar-refractivity contribution < 1.29 is 5.11 Å². The standard InChI is InChI=1S/C8H13BrN2O/c1-3-4-7-10-8(9)6(5-12)11(7)2/h12H,3-5H2,1-2H3. The summed E-state index contributed by atoms with van der Waals surface area (Å²) in [7, 11) is 1.92. The van der Waals surface area contributed by atoms with E-state index in [1.807, 2.05) is 11.6 Å². The highest BCUT2D eigenvalue weighted by atomic mass is 79.9. The van der Waals surface area contributed by atoms with Gasteiger partial charge in [-0.1, -0.05) is 6.92 Å². The molecule has 0 radical (unpaired) electrons. The molecule has 0 aliphatic heterocycles. The van der Waals surface area contributed by atoms with Crippen molar-refractivity contribution in [2.75, 3.05) is 0 Å². The number of rotatable bonds is 3. The van der Waals surface area contributed by atoms with Crippen molar-refractivity contribution in [3.05, 3.63) is 16.1 Å². The number of halogens is 1. The number of aryl methyl sites for hydroxylation is 1. The van der Waals surface area contributed by atoms with Crippen LogP contribution in [-0.4, -0.2) is 14.7 Å². The molecule has 68 valence electrons. The van der Waals surface area contributed by atoms with Crippen LogP contribution in [0.3, 0.4) is 0 Å². The molecule has 0 saturated carbocycles. The fourth-order valence-corrected chi connectivity index (χ4v) is 1.76. The number of nitrogens with zero attached hydrogens (tertiary/aromatic N) is 2. The fourth-order valence-electron chi connectivity index (χ4n) is 1.17. The molecule has 1 rings (SSSR count). The van der Waals surface area contributed by atoms with Crippen LogP contribution in [-0.2, 0) is 20.1 Å².